The van der Waals surface area contributed by atoms with Crippen LogP contribution in [0.4, 0.5) is 23.7 Å². The molecular formula is C15H12BrF3N2O2. The molecule has 0 saturated heterocycles. The van der Waals surface area contributed by atoms with Crippen molar-refractivity contribution >= 4 is 27.6 Å². The third-order valence-electron chi connectivity index (χ3n) is 2.76. The van der Waals surface area contributed by atoms with Crippen LogP contribution in [0.3, 0.4) is 0 Å². The lowest BCUT2D eigenvalue weighted by Crippen LogP contribution is -2.29. The van der Waals surface area contributed by atoms with E-state index in [9.17, 15) is 18.0 Å². The first-order valence-corrected chi connectivity index (χ1v) is 7.27. The van der Waals surface area contributed by atoms with E-state index in [1.54, 1.807) is 30.3 Å². The van der Waals surface area contributed by atoms with Crippen LogP contribution >= 0.6 is 15.9 Å². The van der Waals surface area contributed by atoms with E-state index in [0.717, 1.165) is 0 Å². The molecule has 2 N–H and O–H groups in total. The van der Waals surface area contributed by atoms with Gasteiger partial charge in [-0.1, -0.05) is 30.3 Å². The lowest BCUT2D eigenvalue weighted by atomic mass is 10.2. The van der Waals surface area contributed by atoms with Gasteiger partial charge in [-0.3, -0.25) is 0 Å². The fourth-order valence-corrected chi connectivity index (χ4v) is 2.16. The molecule has 4 nitrogen and oxygen atoms in total. The summed E-state index contributed by atoms with van der Waals surface area (Å²) in [5.74, 6) is -0.346. The van der Waals surface area contributed by atoms with Crippen LogP contribution in [0.15, 0.2) is 53.0 Å². The second-order valence-electron chi connectivity index (χ2n) is 4.44. The van der Waals surface area contributed by atoms with E-state index in [-0.39, 0.29) is 17.9 Å². The number of carbonyl (C=O) groups is 1. The molecule has 0 bridgehead atoms. The number of benzene rings is 2. The fourth-order valence-electron chi connectivity index (χ4n) is 1.78. The van der Waals surface area contributed by atoms with Gasteiger partial charge >= 0.3 is 12.4 Å². The number of hydrogen-bond donors (Lipinski definition) is 2. The highest BCUT2D eigenvalue weighted by atomic mass is 79.9. The van der Waals surface area contributed by atoms with Gasteiger partial charge < -0.3 is 15.4 Å². The SMILES string of the molecule is O=C(NCc1ccccc1OC(F)(F)F)Nc1ccccc1Br. The summed E-state index contributed by atoms with van der Waals surface area (Å²) in [6.45, 7) is -0.109. The van der Waals surface area contributed by atoms with E-state index >= 15 is 0 Å². The predicted molar refractivity (Wildman–Crippen MR) is 83.1 cm³/mol. The standard InChI is InChI=1S/C15H12BrF3N2O2/c16-11-6-2-3-7-12(11)21-14(22)20-9-10-5-1-4-8-13(10)23-15(17,18)19/h1-8H,9H2,(H2,20,21,22). The molecule has 2 aromatic carbocycles. The van der Waals surface area contributed by atoms with Gasteiger partial charge in [-0.05, 0) is 34.1 Å². The van der Waals surface area contributed by atoms with Crippen LogP contribution in [0, 0.1) is 0 Å². The highest BCUT2D eigenvalue weighted by molar-refractivity contribution is 9.10. The largest absolute Gasteiger partial charge is 0.573 e. The fraction of sp³-hybridized carbons (Fsp3) is 0.133. The monoisotopic (exact) mass is 388 g/mol. The van der Waals surface area contributed by atoms with Crippen LogP contribution < -0.4 is 15.4 Å². The molecular weight excluding hydrogens is 377 g/mol. The molecule has 0 aliphatic rings. The highest BCUT2D eigenvalue weighted by Gasteiger charge is 2.31. The number of rotatable bonds is 4. The van der Waals surface area contributed by atoms with Gasteiger partial charge in [-0.2, -0.15) is 0 Å². The second kappa shape index (κ2) is 7.36. The molecule has 0 aliphatic heterocycles. The number of anilines is 1. The van der Waals surface area contributed by atoms with Crippen LogP contribution in [0.1, 0.15) is 5.56 Å². The van der Waals surface area contributed by atoms with Crippen LogP contribution in [0.5, 0.6) is 5.75 Å². The van der Waals surface area contributed by atoms with Crippen molar-refractivity contribution in [3.63, 3.8) is 0 Å². The zero-order valence-electron chi connectivity index (χ0n) is 11.7. The van der Waals surface area contributed by atoms with Gasteiger partial charge in [0.05, 0.1) is 5.69 Å². The van der Waals surface area contributed by atoms with Gasteiger partial charge in [0.2, 0.25) is 0 Å². The van der Waals surface area contributed by atoms with Crippen molar-refractivity contribution in [2.24, 2.45) is 0 Å². The summed E-state index contributed by atoms with van der Waals surface area (Å²) < 4.78 is 41.6. The maximum absolute atomic E-state index is 12.3. The Morgan fingerprint density at radius 1 is 1.09 bits per heavy atom. The Bertz CT molecular complexity index is 692. The summed E-state index contributed by atoms with van der Waals surface area (Å²) in [6, 6.07) is 12.0. The minimum absolute atomic E-state index is 0.109. The minimum Gasteiger partial charge on any atom is -0.405 e. The summed E-state index contributed by atoms with van der Waals surface area (Å²) in [4.78, 5) is 11.8. The maximum atomic E-state index is 12.3. The average Bonchev–Trinajstić information content (AvgIpc) is 2.47. The Kier molecular flexibility index (Phi) is 5.49. The number of ether oxygens (including phenoxy) is 1. The van der Waals surface area contributed by atoms with Crippen molar-refractivity contribution < 1.29 is 22.7 Å². The van der Waals surface area contributed by atoms with Gasteiger partial charge in [0, 0.05) is 16.6 Å². The lowest BCUT2D eigenvalue weighted by molar-refractivity contribution is -0.274. The first-order chi connectivity index (χ1) is 10.8. The Hall–Kier alpha value is -2.22. The number of hydrogen-bond acceptors (Lipinski definition) is 2. The van der Waals surface area contributed by atoms with Crippen molar-refractivity contribution in [3.8, 4) is 5.75 Å². The molecule has 2 amide bonds. The summed E-state index contributed by atoms with van der Waals surface area (Å²) in [7, 11) is 0. The topological polar surface area (TPSA) is 50.4 Å². The van der Waals surface area contributed by atoms with E-state index < -0.39 is 12.4 Å². The van der Waals surface area contributed by atoms with Gasteiger partial charge in [-0.15, -0.1) is 13.2 Å². The summed E-state index contributed by atoms with van der Waals surface area (Å²) in [5, 5.41) is 5.07. The Balaban J connectivity index is 1.98. The van der Waals surface area contributed by atoms with E-state index in [1.165, 1.54) is 18.2 Å². The molecule has 0 aliphatic carbocycles. The van der Waals surface area contributed by atoms with Crippen molar-refractivity contribution in [1.82, 2.24) is 5.32 Å². The van der Waals surface area contributed by atoms with Gasteiger partial charge in [-0.25, -0.2) is 4.79 Å². The second-order valence-corrected chi connectivity index (χ2v) is 5.30. The number of alkyl halides is 3. The number of para-hydroxylation sites is 2. The number of amides is 2. The van der Waals surface area contributed by atoms with Crippen LogP contribution in [-0.4, -0.2) is 12.4 Å². The molecule has 23 heavy (non-hydrogen) atoms. The summed E-state index contributed by atoms with van der Waals surface area (Å²) >= 11 is 3.28. The summed E-state index contributed by atoms with van der Waals surface area (Å²) in [6.07, 6.45) is -4.78. The van der Waals surface area contributed by atoms with Gasteiger partial charge in [0.25, 0.3) is 0 Å². The molecule has 8 heteroatoms. The van der Waals surface area contributed by atoms with E-state index in [2.05, 4.69) is 31.3 Å². The number of nitrogens with one attached hydrogen (secondary N) is 2. The first kappa shape index (κ1) is 17.1. The molecule has 0 heterocycles. The van der Waals surface area contributed by atoms with Crippen LogP contribution in [0.2, 0.25) is 0 Å². The Morgan fingerprint density at radius 3 is 2.43 bits per heavy atom. The number of urea groups is 1. The molecule has 0 spiro atoms. The molecule has 0 saturated carbocycles. The van der Waals surface area contributed by atoms with Crippen molar-refractivity contribution in [1.29, 1.82) is 0 Å². The minimum atomic E-state index is -4.78. The zero-order valence-corrected chi connectivity index (χ0v) is 13.2. The maximum Gasteiger partial charge on any atom is 0.573 e. The normalized spacial score (nSPS) is 11.0. The third-order valence-corrected chi connectivity index (χ3v) is 3.45. The van der Waals surface area contributed by atoms with Crippen LogP contribution in [-0.2, 0) is 6.54 Å². The van der Waals surface area contributed by atoms with Crippen LogP contribution in [0.25, 0.3) is 0 Å². The predicted octanol–water partition coefficient (Wildman–Crippen LogP) is 4.67. The lowest BCUT2D eigenvalue weighted by Gasteiger charge is -2.14. The molecule has 0 unspecified atom stereocenters. The molecule has 0 aromatic heterocycles. The molecule has 0 fully saturated rings. The Labute approximate surface area is 138 Å². The third kappa shape index (κ3) is 5.48. The quantitative estimate of drug-likeness (QED) is 0.799. The Morgan fingerprint density at radius 2 is 1.74 bits per heavy atom. The van der Waals surface area contributed by atoms with Gasteiger partial charge in [0.1, 0.15) is 5.75 Å². The van der Waals surface area contributed by atoms with Gasteiger partial charge in [0.15, 0.2) is 0 Å². The first-order valence-electron chi connectivity index (χ1n) is 6.48. The smallest absolute Gasteiger partial charge is 0.405 e. The van der Waals surface area contributed by atoms with E-state index in [4.69, 9.17) is 0 Å². The zero-order chi connectivity index (χ0) is 16.9. The average molecular weight is 389 g/mol. The number of halogens is 4. The molecule has 2 rings (SSSR count). The molecule has 0 radical (unpaired) electrons. The molecule has 122 valence electrons. The van der Waals surface area contributed by atoms with E-state index in [0.29, 0.717) is 10.2 Å². The number of carbonyl (C=O) groups excluding carboxylic acids is 1. The highest BCUT2D eigenvalue weighted by Crippen LogP contribution is 2.26. The van der Waals surface area contributed by atoms with Crippen molar-refractivity contribution in [2.45, 2.75) is 12.9 Å². The van der Waals surface area contributed by atoms with Crippen molar-refractivity contribution in [3.05, 3.63) is 58.6 Å². The van der Waals surface area contributed by atoms with Crippen molar-refractivity contribution in [2.75, 3.05) is 5.32 Å². The van der Waals surface area contributed by atoms with E-state index in [1.807, 2.05) is 0 Å². The molecule has 2 aromatic rings. The molecule has 0 atom stereocenters. The summed E-state index contributed by atoms with van der Waals surface area (Å²) in [5.41, 5.74) is 0.761.